The molecule has 1 saturated heterocycles. The quantitative estimate of drug-likeness (QED) is 0.130. The zero-order chi connectivity index (χ0) is 44.9. The van der Waals surface area contributed by atoms with Crippen LogP contribution in [0.5, 0.6) is 0 Å². The molecule has 62 heavy (non-hydrogen) atoms. The first-order valence-electron chi connectivity index (χ1n) is 20.5. The summed E-state index contributed by atoms with van der Waals surface area (Å²) in [5.41, 5.74) is -7.02. The van der Waals surface area contributed by atoms with Gasteiger partial charge in [-0.15, -0.1) is 0 Å². The maximum absolute atomic E-state index is 15.5. The van der Waals surface area contributed by atoms with Crippen molar-refractivity contribution in [2.45, 2.75) is 108 Å². The van der Waals surface area contributed by atoms with Gasteiger partial charge in [0.2, 0.25) is 0 Å². The molecule has 2 bridgehead atoms. The topological polar surface area (TPSA) is 221 Å². The number of benzene rings is 3. The predicted octanol–water partition coefficient (Wildman–Crippen LogP) is 3.74. The number of esters is 4. The molecular weight excluding hydrogens is 803 g/mol. The third kappa shape index (κ3) is 7.29. The standard InChI is InChI=1S/C47H51NO14/c1-25-31(60-43(56)36(52)35(28-16-10-7-11-17-28)48-41(54)29-18-12-8-13-19-29)23-47(57)40(61-42(55)30-20-14-9-15-21-30)38-45(6,32(51)22-33-46(38,24-58-33)62-27(3)50)39(53)37(59-26(2)49)34(25)44(47,4)5/h7-21,31-33,35-38,40,51-52,57H,22-24H2,1-6H3,(H,48,54)/t31-,32-,33+,35+,36?,37+,38?,40-,45+,46-,47+/m0/s1. The van der Waals surface area contributed by atoms with Gasteiger partial charge in [0, 0.05) is 37.7 Å². The lowest BCUT2D eigenvalue weighted by Crippen LogP contribution is -2.82. The van der Waals surface area contributed by atoms with E-state index >= 15 is 4.79 Å². The van der Waals surface area contributed by atoms with Crippen LogP contribution in [-0.4, -0.2) is 105 Å². The molecule has 3 aromatic carbocycles. The van der Waals surface area contributed by atoms with Gasteiger partial charge in [-0.2, -0.15) is 0 Å². The van der Waals surface area contributed by atoms with Crippen LogP contribution in [0.25, 0.3) is 0 Å². The van der Waals surface area contributed by atoms with Crippen molar-refractivity contribution in [1.29, 1.82) is 0 Å². The third-order valence-corrected chi connectivity index (χ3v) is 13.5. The fourth-order valence-corrected chi connectivity index (χ4v) is 10.2. The van der Waals surface area contributed by atoms with E-state index in [1.807, 2.05) is 0 Å². The van der Waals surface area contributed by atoms with Crippen molar-refractivity contribution in [3.05, 3.63) is 119 Å². The largest absolute Gasteiger partial charge is 0.456 e. The van der Waals surface area contributed by atoms with E-state index in [9.17, 15) is 39.3 Å². The van der Waals surface area contributed by atoms with E-state index < -0.39 is 113 Å². The Kier molecular flexibility index (Phi) is 11.8. The van der Waals surface area contributed by atoms with Gasteiger partial charge in [-0.1, -0.05) is 80.6 Å². The number of ether oxygens (including phenoxy) is 5. The van der Waals surface area contributed by atoms with Gasteiger partial charge in [-0.05, 0) is 54.8 Å². The van der Waals surface area contributed by atoms with E-state index in [2.05, 4.69) is 5.32 Å². The number of nitrogens with one attached hydrogen (secondary N) is 1. The van der Waals surface area contributed by atoms with Gasteiger partial charge in [0.15, 0.2) is 23.6 Å². The number of hydrogen-bond acceptors (Lipinski definition) is 14. The molecule has 0 radical (unpaired) electrons. The highest BCUT2D eigenvalue weighted by Gasteiger charge is 2.78. The lowest BCUT2D eigenvalue weighted by molar-refractivity contribution is -0.346. The second kappa shape index (κ2) is 16.5. The van der Waals surface area contributed by atoms with Crippen LogP contribution < -0.4 is 5.32 Å². The van der Waals surface area contributed by atoms with E-state index in [0.29, 0.717) is 5.56 Å². The summed E-state index contributed by atoms with van der Waals surface area (Å²) in [5.74, 6) is -6.84. The molecule has 4 N–H and O–H groups in total. The number of carbonyl (C=O) groups is 6. The van der Waals surface area contributed by atoms with Crippen LogP contribution in [0.15, 0.2) is 102 Å². The minimum atomic E-state index is -2.39. The average Bonchev–Trinajstić information content (AvgIpc) is 3.24. The molecule has 1 aliphatic heterocycles. The van der Waals surface area contributed by atoms with Crippen molar-refractivity contribution < 1.29 is 67.8 Å². The fourth-order valence-electron chi connectivity index (χ4n) is 10.2. The molecular formula is C47H51NO14. The van der Waals surface area contributed by atoms with E-state index in [0.717, 1.165) is 13.8 Å². The number of amides is 1. The van der Waals surface area contributed by atoms with Crippen LogP contribution in [0.1, 0.15) is 86.7 Å². The Hall–Kier alpha value is -5.74. The minimum Gasteiger partial charge on any atom is -0.456 e. The molecule has 15 nitrogen and oxygen atoms in total. The summed E-state index contributed by atoms with van der Waals surface area (Å²) in [6.07, 6.45) is -10.5. The van der Waals surface area contributed by atoms with Crippen LogP contribution in [0, 0.1) is 16.7 Å². The predicted molar refractivity (Wildman–Crippen MR) is 218 cm³/mol. The Morgan fingerprint density at radius 2 is 1.40 bits per heavy atom. The molecule has 4 aliphatic rings. The molecule has 15 heteroatoms. The van der Waals surface area contributed by atoms with Gasteiger partial charge in [0.05, 0.1) is 35.6 Å². The van der Waals surface area contributed by atoms with Gasteiger partial charge in [-0.25, -0.2) is 9.59 Å². The van der Waals surface area contributed by atoms with Crippen molar-refractivity contribution in [2.75, 3.05) is 6.61 Å². The molecule has 328 valence electrons. The second-order valence-electron chi connectivity index (χ2n) is 17.4. The summed E-state index contributed by atoms with van der Waals surface area (Å²) in [7, 11) is 0. The molecule has 3 fully saturated rings. The summed E-state index contributed by atoms with van der Waals surface area (Å²) in [5, 5.41) is 40.2. The zero-order valence-corrected chi connectivity index (χ0v) is 35.2. The smallest absolute Gasteiger partial charge is 0.338 e. The zero-order valence-electron chi connectivity index (χ0n) is 35.2. The number of fused-ring (bicyclic) bond motifs is 5. The molecule has 1 amide bonds. The lowest BCUT2D eigenvalue weighted by Gasteiger charge is -2.67. The molecule has 7 rings (SSSR count). The Morgan fingerprint density at radius 3 is 1.95 bits per heavy atom. The van der Waals surface area contributed by atoms with E-state index in [-0.39, 0.29) is 35.3 Å². The number of ketones is 1. The summed E-state index contributed by atoms with van der Waals surface area (Å²) < 4.78 is 30.3. The summed E-state index contributed by atoms with van der Waals surface area (Å²) in [6, 6.07) is 22.9. The van der Waals surface area contributed by atoms with Crippen molar-refractivity contribution in [3.63, 3.8) is 0 Å². The summed E-state index contributed by atoms with van der Waals surface area (Å²) in [4.78, 5) is 83.5. The van der Waals surface area contributed by atoms with Crippen LogP contribution in [-0.2, 0) is 42.9 Å². The third-order valence-electron chi connectivity index (χ3n) is 13.5. The first-order chi connectivity index (χ1) is 29.3. The second-order valence-corrected chi connectivity index (χ2v) is 17.4. The molecule has 0 spiro atoms. The Balaban J connectivity index is 1.39. The molecule has 3 aliphatic carbocycles. The number of rotatable bonds is 10. The molecule has 3 aromatic rings. The lowest BCUT2D eigenvalue weighted by atomic mass is 9.44. The van der Waals surface area contributed by atoms with E-state index in [4.69, 9.17) is 23.7 Å². The maximum atomic E-state index is 15.5. The average molecular weight is 854 g/mol. The van der Waals surface area contributed by atoms with Gasteiger partial charge in [0.25, 0.3) is 5.91 Å². The van der Waals surface area contributed by atoms with Crippen molar-refractivity contribution >= 4 is 35.6 Å². The molecule has 1 heterocycles. The summed E-state index contributed by atoms with van der Waals surface area (Å²) >= 11 is 0. The Bertz CT molecular complexity index is 2280. The fraction of sp³-hybridized carbons (Fsp3) is 0.447. The monoisotopic (exact) mass is 853 g/mol. The molecule has 2 saturated carbocycles. The highest BCUT2D eigenvalue weighted by atomic mass is 16.6. The van der Waals surface area contributed by atoms with Crippen molar-refractivity contribution in [3.8, 4) is 0 Å². The van der Waals surface area contributed by atoms with Crippen LogP contribution in [0.3, 0.4) is 0 Å². The Morgan fingerprint density at radius 1 is 0.823 bits per heavy atom. The first-order valence-corrected chi connectivity index (χ1v) is 20.5. The highest BCUT2D eigenvalue weighted by Crippen LogP contribution is 2.64. The van der Waals surface area contributed by atoms with E-state index in [1.54, 1.807) is 92.7 Å². The first kappa shape index (κ1) is 44.3. The van der Waals surface area contributed by atoms with E-state index in [1.165, 1.54) is 26.0 Å². The SMILES string of the molecule is CC(=O)O[C@H]1C(=O)[C@@]2(C)C([C@H](OC(=O)c3ccccc3)[C@]3(O)C[C@H](OC(=O)C(O)[C@H](NC(=O)c4ccccc4)c4ccccc4)C(C)=C1C3(C)C)[C@]1(OC(C)=O)CO[C@@H]1C[C@@H]2O. The number of aliphatic hydroxyl groups excluding tert-OH is 2. The maximum Gasteiger partial charge on any atom is 0.338 e. The Labute approximate surface area is 358 Å². The van der Waals surface area contributed by atoms with Crippen LogP contribution in [0.4, 0.5) is 0 Å². The highest BCUT2D eigenvalue weighted by molar-refractivity contribution is 5.96. The van der Waals surface area contributed by atoms with Crippen LogP contribution in [0.2, 0.25) is 0 Å². The summed E-state index contributed by atoms with van der Waals surface area (Å²) in [6.45, 7) is 7.97. The van der Waals surface area contributed by atoms with Gasteiger partial charge in [0.1, 0.15) is 23.9 Å². The number of hydrogen-bond donors (Lipinski definition) is 4. The molecule has 2 unspecified atom stereocenters. The minimum absolute atomic E-state index is 0.00289. The van der Waals surface area contributed by atoms with Crippen molar-refractivity contribution in [1.82, 2.24) is 5.32 Å². The van der Waals surface area contributed by atoms with Crippen molar-refractivity contribution in [2.24, 2.45) is 16.7 Å². The van der Waals surface area contributed by atoms with Gasteiger partial charge in [-0.3, -0.25) is 19.2 Å². The molecule has 11 atom stereocenters. The number of aliphatic hydroxyl groups is 3. The molecule has 0 aromatic heterocycles. The number of Topliss-reactive ketones (excluding diaryl/α,β-unsaturated/α-hetero) is 1. The van der Waals surface area contributed by atoms with Gasteiger partial charge >= 0.3 is 23.9 Å². The van der Waals surface area contributed by atoms with Crippen LogP contribution >= 0.6 is 0 Å². The van der Waals surface area contributed by atoms with Gasteiger partial charge < -0.3 is 44.3 Å². The number of carbonyl (C=O) groups excluding carboxylic acids is 6. The normalized spacial score (nSPS) is 31.9.